The van der Waals surface area contributed by atoms with E-state index in [1.54, 1.807) is 0 Å². The second-order valence-electron chi connectivity index (χ2n) is 2.42. The maximum absolute atomic E-state index is 10.8. The lowest BCUT2D eigenvalue weighted by atomic mass is 10.0. The van der Waals surface area contributed by atoms with Gasteiger partial charge in [-0.2, -0.15) is 0 Å². The average molecular weight is 144 g/mol. The molecule has 0 bridgehead atoms. The molecule has 52 valence electrons. The lowest BCUT2D eigenvalue weighted by Crippen LogP contribution is -2.21. The highest BCUT2D eigenvalue weighted by atomic mass is 32.2. The largest absolute Gasteiger partial charge is 0.616 e. The predicted molar refractivity (Wildman–Crippen MR) is 40.8 cm³/mol. The van der Waals surface area contributed by atoms with Crippen molar-refractivity contribution >= 4 is 11.2 Å². The molecule has 1 fully saturated rings. The first-order chi connectivity index (χ1) is 4.33. The Balaban J connectivity index is 2.26. The molecular formula is C7H12OS. The Labute approximate surface area is 59.3 Å². The van der Waals surface area contributed by atoms with Crippen molar-refractivity contribution in [2.45, 2.75) is 12.8 Å². The van der Waals surface area contributed by atoms with Crippen molar-refractivity contribution in [3.05, 3.63) is 12.7 Å². The average Bonchev–Trinajstić information content (AvgIpc) is 1.90. The molecule has 1 aliphatic rings. The maximum atomic E-state index is 10.8. The lowest BCUT2D eigenvalue weighted by Gasteiger charge is -2.21. The highest BCUT2D eigenvalue weighted by molar-refractivity contribution is 7.91. The van der Waals surface area contributed by atoms with Gasteiger partial charge in [0.15, 0.2) is 0 Å². The molecule has 0 unspecified atom stereocenters. The van der Waals surface area contributed by atoms with E-state index in [0.717, 1.165) is 24.3 Å². The number of rotatable bonds is 1. The zero-order valence-corrected chi connectivity index (χ0v) is 6.32. The van der Waals surface area contributed by atoms with Crippen LogP contribution in [0.3, 0.4) is 0 Å². The molecule has 1 nitrogen and oxygen atoms in total. The topological polar surface area (TPSA) is 23.1 Å². The van der Waals surface area contributed by atoms with Gasteiger partial charge in [-0.3, -0.25) is 0 Å². The van der Waals surface area contributed by atoms with Crippen LogP contribution in [0.5, 0.6) is 0 Å². The molecule has 0 aliphatic carbocycles. The third kappa shape index (κ3) is 2.03. The van der Waals surface area contributed by atoms with E-state index < -0.39 is 11.2 Å². The van der Waals surface area contributed by atoms with Crippen molar-refractivity contribution in [2.75, 3.05) is 11.5 Å². The monoisotopic (exact) mass is 144 g/mol. The molecular weight excluding hydrogens is 132 g/mol. The molecule has 0 radical (unpaired) electrons. The Kier molecular flexibility index (Phi) is 2.61. The van der Waals surface area contributed by atoms with Crippen LogP contribution >= 0.6 is 0 Å². The minimum atomic E-state index is -0.510. The third-order valence-corrected chi connectivity index (χ3v) is 3.15. The van der Waals surface area contributed by atoms with Crippen LogP contribution in [0.2, 0.25) is 0 Å². The van der Waals surface area contributed by atoms with Crippen molar-refractivity contribution < 1.29 is 4.55 Å². The molecule has 9 heavy (non-hydrogen) atoms. The van der Waals surface area contributed by atoms with E-state index >= 15 is 0 Å². The van der Waals surface area contributed by atoms with Gasteiger partial charge in [0.1, 0.15) is 11.5 Å². The van der Waals surface area contributed by atoms with E-state index in [0.29, 0.717) is 5.92 Å². The molecule has 0 aromatic heterocycles. The van der Waals surface area contributed by atoms with E-state index in [4.69, 9.17) is 0 Å². The van der Waals surface area contributed by atoms with Crippen molar-refractivity contribution in [3.8, 4) is 0 Å². The molecule has 1 saturated heterocycles. The van der Waals surface area contributed by atoms with Gasteiger partial charge in [0.2, 0.25) is 0 Å². The van der Waals surface area contributed by atoms with Crippen LogP contribution < -0.4 is 0 Å². The summed E-state index contributed by atoms with van der Waals surface area (Å²) >= 11 is -0.510. The van der Waals surface area contributed by atoms with Crippen molar-refractivity contribution in [3.63, 3.8) is 0 Å². The Bertz CT molecular complexity index is 95.1. The van der Waals surface area contributed by atoms with Gasteiger partial charge in [0.05, 0.1) is 0 Å². The molecule has 0 amide bonds. The molecule has 0 N–H and O–H groups in total. The van der Waals surface area contributed by atoms with Crippen LogP contribution in [0, 0.1) is 5.92 Å². The second kappa shape index (κ2) is 3.28. The molecule has 1 heterocycles. The van der Waals surface area contributed by atoms with Gasteiger partial charge in [-0.15, -0.1) is 6.58 Å². The van der Waals surface area contributed by atoms with E-state index in [-0.39, 0.29) is 0 Å². The van der Waals surface area contributed by atoms with Gasteiger partial charge in [-0.25, -0.2) is 0 Å². The minimum absolute atomic E-state index is 0.510. The Hall–Kier alpha value is 0.0500. The maximum Gasteiger partial charge on any atom is 0.106 e. The van der Waals surface area contributed by atoms with Gasteiger partial charge < -0.3 is 4.55 Å². The van der Waals surface area contributed by atoms with Crippen molar-refractivity contribution in [1.29, 1.82) is 0 Å². The molecule has 1 aliphatic heterocycles. The summed E-state index contributed by atoms with van der Waals surface area (Å²) in [7, 11) is 0. The van der Waals surface area contributed by atoms with Gasteiger partial charge in [0, 0.05) is 0 Å². The van der Waals surface area contributed by atoms with Crippen molar-refractivity contribution in [2.24, 2.45) is 5.92 Å². The summed E-state index contributed by atoms with van der Waals surface area (Å²) in [4.78, 5) is 0. The quantitative estimate of drug-likeness (QED) is 0.402. The minimum Gasteiger partial charge on any atom is -0.616 e. The summed E-state index contributed by atoms with van der Waals surface area (Å²) in [5.74, 6) is 2.41. The zero-order valence-electron chi connectivity index (χ0n) is 5.51. The predicted octanol–water partition coefficient (Wildman–Crippen LogP) is 1.33. The molecule has 0 aromatic carbocycles. The Morgan fingerprint density at radius 3 is 2.44 bits per heavy atom. The summed E-state index contributed by atoms with van der Waals surface area (Å²) in [5, 5.41) is 0. The van der Waals surface area contributed by atoms with Gasteiger partial charge in [-0.1, -0.05) is 17.3 Å². The summed E-state index contributed by atoms with van der Waals surface area (Å²) in [5.41, 5.74) is 0. The molecule has 2 heteroatoms. The number of hydrogen-bond acceptors (Lipinski definition) is 1. The van der Waals surface area contributed by atoms with Gasteiger partial charge in [0.25, 0.3) is 0 Å². The number of allylic oxidation sites excluding steroid dienone is 1. The van der Waals surface area contributed by atoms with Crippen LogP contribution in [-0.2, 0) is 11.2 Å². The van der Waals surface area contributed by atoms with Gasteiger partial charge >= 0.3 is 0 Å². The standard InChI is InChI=1S/C7H12OS/c1-2-7-3-5-9(8)6-4-7/h2,7H,1,3-6H2. The third-order valence-electron chi connectivity index (χ3n) is 1.77. The normalized spacial score (nSPS) is 36.1. The highest BCUT2D eigenvalue weighted by Crippen LogP contribution is 2.18. The summed E-state index contributed by atoms with van der Waals surface area (Å²) in [6.07, 6.45) is 4.14. The zero-order chi connectivity index (χ0) is 6.69. The molecule has 0 aromatic rings. The summed E-state index contributed by atoms with van der Waals surface area (Å²) < 4.78 is 10.8. The second-order valence-corrected chi connectivity index (χ2v) is 4.12. The van der Waals surface area contributed by atoms with Crippen LogP contribution in [0.1, 0.15) is 12.8 Å². The lowest BCUT2D eigenvalue weighted by molar-refractivity contribution is 0.535. The fourth-order valence-corrected chi connectivity index (χ4v) is 2.38. The fourth-order valence-electron chi connectivity index (χ4n) is 1.05. The van der Waals surface area contributed by atoms with Crippen LogP contribution in [-0.4, -0.2) is 16.1 Å². The Morgan fingerprint density at radius 2 is 2.00 bits per heavy atom. The fraction of sp³-hybridized carbons (Fsp3) is 0.714. The first kappa shape index (κ1) is 7.16. The van der Waals surface area contributed by atoms with E-state index in [1.165, 1.54) is 0 Å². The first-order valence-corrected chi connectivity index (χ1v) is 4.79. The Morgan fingerprint density at radius 1 is 1.44 bits per heavy atom. The molecule has 0 atom stereocenters. The van der Waals surface area contributed by atoms with E-state index in [9.17, 15) is 4.55 Å². The van der Waals surface area contributed by atoms with Gasteiger partial charge in [-0.05, 0) is 18.8 Å². The number of hydrogen-bond donors (Lipinski definition) is 0. The molecule has 1 rings (SSSR count). The van der Waals surface area contributed by atoms with Crippen LogP contribution in [0.25, 0.3) is 0 Å². The first-order valence-electron chi connectivity index (χ1n) is 3.30. The summed E-state index contributed by atoms with van der Waals surface area (Å²) in [6, 6.07) is 0. The van der Waals surface area contributed by atoms with Crippen molar-refractivity contribution in [1.82, 2.24) is 0 Å². The highest BCUT2D eigenvalue weighted by Gasteiger charge is 2.18. The van der Waals surface area contributed by atoms with E-state index in [1.807, 2.05) is 6.08 Å². The molecule has 0 spiro atoms. The van der Waals surface area contributed by atoms with E-state index in [2.05, 4.69) is 6.58 Å². The SMILES string of the molecule is C=CC1CC[S+]([O-])CC1. The smallest absolute Gasteiger partial charge is 0.106 e. The van der Waals surface area contributed by atoms with Crippen LogP contribution in [0.4, 0.5) is 0 Å². The molecule has 0 saturated carbocycles. The summed E-state index contributed by atoms with van der Waals surface area (Å²) in [6.45, 7) is 3.71. The van der Waals surface area contributed by atoms with Crippen LogP contribution in [0.15, 0.2) is 12.7 Å².